The Morgan fingerprint density at radius 3 is 2.57 bits per heavy atom. The maximum absolute atomic E-state index is 4.16. The van der Waals surface area contributed by atoms with E-state index in [1.54, 1.807) is 11.3 Å². The summed E-state index contributed by atoms with van der Waals surface area (Å²) in [4.78, 5) is 5.47. The first-order chi connectivity index (χ1) is 10.3. The zero-order valence-corrected chi connectivity index (χ0v) is 14.5. The van der Waals surface area contributed by atoms with Crippen molar-refractivity contribution in [2.45, 2.75) is 11.0 Å². The summed E-state index contributed by atoms with van der Waals surface area (Å²) in [5, 5.41) is 0.339. The van der Waals surface area contributed by atoms with Gasteiger partial charge in [-0.25, -0.2) is 0 Å². The third kappa shape index (κ3) is 3.96. The van der Waals surface area contributed by atoms with Crippen LogP contribution in [0.15, 0.2) is 70.8 Å². The van der Waals surface area contributed by atoms with E-state index in [9.17, 15) is 0 Å². The van der Waals surface area contributed by atoms with Crippen molar-refractivity contribution in [2.75, 3.05) is 0 Å². The number of thiazole rings is 1. The lowest BCUT2D eigenvalue weighted by atomic mass is 10.0. The summed E-state index contributed by atoms with van der Waals surface area (Å²) in [7, 11) is 0. The third-order valence-electron chi connectivity index (χ3n) is 3.13. The fourth-order valence-corrected chi connectivity index (χ4v) is 4.53. The first-order valence-electron chi connectivity index (χ1n) is 6.62. The largest absolute Gasteiger partial charge is 0.253 e. The van der Waals surface area contributed by atoms with Gasteiger partial charge in [0.25, 0.3) is 0 Å². The van der Waals surface area contributed by atoms with E-state index in [0.29, 0.717) is 5.25 Å². The van der Waals surface area contributed by atoms with Crippen molar-refractivity contribution < 1.29 is 0 Å². The smallest absolute Gasteiger partial charge is 0.0794 e. The summed E-state index contributed by atoms with van der Waals surface area (Å²) in [6.45, 7) is 0. The highest BCUT2D eigenvalue weighted by molar-refractivity contribution is 9.10. The van der Waals surface area contributed by atoms with Crippen LogP contribution in [0.2, 0.25) is 0 Å². The Labute approximate surface area is 141 Å². The monoisotopic (exact) mass is 375 g/mol. The van der Waals surface area contributed by atoms with Gasteiger partial charge in [0, 0.05) is 21.3 Å². The van der Waals surface area contributed by atoms with Crippen LogP contribution in [0.25, 0.3) is 0 Å². The zero-order valence-electron chi connectivity index (χ0n) is 11.3. The SMILES string of the molecule is Brc1cccc(C(SCc2cncs2)c2ccccc2)c1. The Morgan fingerprint density at radius 2 is 1.86 bits per heavy atom. The van der Waals surface area contributed by atoms with Crippen molar-refractivity contribution in [3.8, 4) is 0 Å². The minimum absolute atomic E-state index is 0.339. The molecule has 0 N–H and O–H groups in total. The first kappa shape index (κ1) is 14.8. The van der Waals surface area contributed by atoms with Gasteiger partial charge in [0.05, 0.1) is 10.8 Å². The molecule has 21 heavy (non-hydrogen) atoms. The average molecular weight is 376 g/mol. The molecule has 3 rings (SSSR count). The van der Waals surface area contributed by atoms with Gasteiger partial charge in [-0.15, -0.1) is 23.1 Å². The minimum Gasteiger partial charge on any atom is -0.253 e. The molecule has 106 valence electrons. The Balaban J connectivity index is 1.87. The predicted octanol–water partition coefficient (Wildman–Crippen LogP) is 5.93. The molecule has 1 heterocycles. The first-order valence-corrected chi connectivity index (χ1v) is 9.34. The predicted molar refractivity (Wildman–Crippen MR) is 95.8 cm³/mol. The number of hydrogen-bond acceptors (Lipinski definition) is 3. The maximum atomic E-state index is 4.16. The Kier molecular flexibility index (Phi) is 5.12. The molecule has 0 amide bonds. The molecule has 1 unspecified atom stereocenters. The van der Waals surface area contributed by atoms with E-state index in [1.165, 1.54) is 16.0 Å². The number of nitrogens with zero attached hydrogens (tertiary/aromatic N) is 1. The van der Waals surface area contributed by atoms with Crippen LogP contribution in [0, 0.1) is 0 Å². The van der Waals surface area contributed by atoms with Crippen LogP contribution >= 0.6 is 39.0 Å². The number of halogens is 1. The van der Waals surface area contributed by atoms with Gasteiger partial charge in [-0.2, -0.15) is 0 Å². The molecule has 0 aliphatic carbocycles. The molecule has 0 aliphatic rings. The molecule has 2 aromatic carbocycles. The molecule has 0 saturated heterocycles. The summed E-state index contributed by atoms with van der Waals surface area (Å²) >= 11 is 7.24. The molecule has 0 saturated carbocycles. The van der Waals surface area contributed by atoms with E-state index in [0.717, 1.165) is 10.2 Å². The molecule has 0 fully saturated rings. The molecule has 3 aromatic rings. The van der Waals surface area contributed by atoms with Crippen LogP contribution in [-0.4, -0.2) is 4.98 Å². The number of hydrogen-bond donors (Lipinski definition) is 0. The van der Waals surface area contributed by atoms with Crippen molar-refractivity contribution >= 4 is 39.0 Å². The number of aromatic nitrogens is 1. The topological polar surface area (TPSA) is 12.9 Å². The summed E-state index contributed by atoms with van der Waals surface area (Å²) in [5.41, 5.74) is 4.56. The number of rotatable bonds is 5. The highest BCUT2D eigenvalue weighted by Crippen LogP contribution is 2.38. The molecular formula is C17H14BrNS2. The van der Waals surface area contributed by atoms with Crippen LogP contribution in [0.4, 0.5) is 0 Å². The fourth-order valence-electron chi connectivity index (χ4n) is 2.16. The highest BCUT2D eigenvalue weighted by Gasteiger charge is 2.15. The highest BCUT2D eigenvalue weighted by atomic mass is 79.9. The number of benzene rings is 2. The van der Waals surface area contributed by atoms with Crippen LogP contribution in [0.5, 0.6) is 0 Å². The quantitative estimate of drug-likeness (QED) is 0.548. The van der Waals surface area contributed by atoms with Crippen LogP contribution in [-0.2, 0) is 5.75 Å². The number of thioether (sulfide) groups is 1. The van der Waals surface area contributed by atoms with Gasteiger partial charge in [0.2, 0.25) is 0 Å². The lowest BCUT2D eigenvalue weighted by Crippen LogP contribution is -1.97. The molecule has 1 aromatic heterocycles. The van der Waals surface area contributed by atoms with Gasteiger partial charge in [-0.1, -0.05) is 58.4 Å². The van der Waals surface area contributed by atoms with Gasteiger partial charge in [0.15, 0.2) is 0 Å². The third-order valence-corrected chi connectivity index (χ3v) is 5.94. The molecule has 4 heteroatoms. The summed E-state index contributed by atoms with van der Waals surface area (Å²) in [6, 6.07) is 19.2. The van der Waals surface area contributed by atoms with Gasteiger partial charge >= 0.3 is 0 Å². The Morgan fingerprint density at radius 1 is 1.05 bits per heavy atom. The van der Waals surface area contributed by atoms with Gasteiger partial charge in [-0.3, -0.25) is 4.98 Å². The molecule has 1 atom stereocenters. The van der Waals surface area contributed by atoms with Gasteiger partial charge in [0.1, 0.15) is 0 Å². The lowest BCUT2D eigenvalue weighted by Gasteiger charge is -2.17. The molecule has 0 aliphatic heterocycles. The normalized spacial score (nSPS) is 12.2. The van der Waals surface area contributed by atoms with Crippen molar-refractivity contribution in [3.05, 3.63) is 86.8 Å². The summed E-state index contributed by atoms with van der Waals surface area (Å²) in [5.74, 6) is 0.983. The van der Waals surface area contributed by atoms with E-state index < -0.39 is 0 Å². The van der Waals surface area contributed by atoms with Crippen molar-refractivity contribution in [2.24, 2.45) is 0 Å². The molecule has 0 spiro atoms. The van der Waals surface area contributed by atoms with Crippen molar-refractivity contribution in [3.63, 3.8) is 0 Å². The second kappa shape index (κ2) is 7.25. The standard InChI is InChI=1S/C17H14BrNS2/c18-15-8-4-7-14(9-15)17(13-5-2-1-3-6-13)20-11-16-10-19-12-21-16/h1-10,12,17H,11H2. The van der Waals surface area contributed by atoms with Gasteiger partial charge in [-0.05, 0) is 23.3 Å². The van der Waals surface area contributed by atoms with Crippen molar-refractivity contribution in [1.82, 2.24) is 4.98 Å². The van der Waals surface area contributed by atoms with Gasteiger partial charge < -0.3 is 0 Å². The molecule has 0 bridgehead atoms. The summed E-state index contributed by atoms with van der Waals surface area (Å²) in [6.07, 6.45) is 1.96. The van der Waals surface area contributed by atoms with E-state index in [2.05, 4.69) is 75.5 Å². The maximum Gasteiger partial charge on any atom is 0.0794 e. The van der Waals surface area contributed by atoms with Crippen LogP contribution in [0.1, 0.15) is 21.3 Å². The van der Waals surface area contributed by atoms with E-state index in [1.807, 2.05) is 23.5 Å². The Hall–Kier alpha value is -1.10. The molecule has 1 nitrogen and oxygen atoms in total. The fraction of sp³-hybridized carbons (Fsp3) is 0.118. The van der Waals surface area contributed by atoms with E-state index in [-0.39, 0.29) is 0 Å². The zero-order chi connectivity index (χ0) is 14.5. The summed E-state index contributed by atoms with van der Waals surface area (Å²) < 4.78 is 1.12. The molecular weight excluding hydrogens is 362 g/mol. The lowest BCUT2D eigenvalue weighted by molar-refractivity contribution is 1.15. The van der Waals surface area contributed by atoms with E-state index in [4.69, 9.17) is 0 Å². The molecule has 0 radical (unpaired) electrons. The Bertz CT molecular complexity index is 683. The second-order valence-electron chi connectivity index (χ2n) is 4.62. The average Bonchev–Trinajstić information content (AvgIpc) is 3.02. The van der Waals surface area contributed by atoms with E-state index >= 15 is 0 Å². The van der Waals surface area contributed by atoms with Crippen LogP contribution in [0.3, 0.4) is 0 Å². The van der Waals surface area contributed by atoms with Crippen molar-refractivity contribution in [1.29, 1.82) is 0 Å². The second-order valence-corrected chi connectivity index (χ2v) is 7.60. The van der Waals surface area contributed by atoms with Crippen LogP contribution < -0.4 is 0 Å². The minimum atomic E-state index is 0.339.